The minimum Gasteiger partial charge on any atom is -0.444 e. The van der Waals surface area contributed by atoms with Crippen molar-refractivity contribution < 1.29 is 55.7 Å². The molecular weight excluding hydrogens is 1340 g/mol. The first kappa shape index (κ1) is 71.4. The highest BCUT2D eigenvalue weighted by molar-refractivity contribution is 7.92. The molecule has 10 heterocycles. The van der Waals surface area contributed by atoms with Crippen LogP contribution in [0.5, 0.6) is 0 Å². The number of nitrogens with zero attached hydrogens (tertiary/aromatic N) is 11. The van der Waals surface area contributed by atoms with Crippen LogP contribution in [0, 0.1) is 0 Å². The number of ether oxygens (including phenoxy) is 2. The van der Waals surface area contributed by atoms with Crippen molar-refractivity contribution in [1.29, 1.82) is 0 Å². The molecule has 6 aliphatic rings. The lowest BCUT2D eigenvalue weighted by atomic mass is 9.98. The van der Waals surface area contributed by atoms with Crippen molar-refractivity contribution in [2.24, 2.45) is 0 Å². The Kier molecular flexibility index (Phi) is 21.9. The molecule has 0 aliphatic carbocycles. The molecular formula is C60H80Cl4N16O12S2. The second kappa shape index (κ2) is 28.8. The van der Waals surface area contributed by atoms with E-state index in [2.05, 4.69) is 35.3 Å². The van der Waals surface area contributed by atoms with Gasteiger partial charge in [0.1, 0.15) is 33.8 Å². The minimum atomic E-state index is -3.64. The smallest absolute Gasteiger partial charge is 0.407 e. The SMILES string of the molecule is CC(C)(C)OC(=O)NC1CN(c2cc(Cl)nc3cc([C@@H]4CCCCN4C(=O)c4cc(Cl)ccc4NS(C)(=O)=O)nn23)C1.CC(C)(C)OC(=O)NC1CN(c2cc(N3CC(O)C3)nc3cc([C@@H]4CCCCN4C(=O)c4cc(Cl)ccc4NS(C)(=O)=O)nn23)C1.Cl.OC1CNC1. The standard InChI is InChI=1S/C30H39ClN8O6S.C27H33Cl2N7O5S.C3H7NO.ClH/c1-30(2,3)45-29(42)32-19-14-37(15-19)27-13-25(36-16-20(40)17-36)33-26-12-23(34-39(26)27)24-7-5-6-10-38(24)28(41)21-11-18(31)8-9-22(21)35-46(4,43)44;1-27(2,3)41-26(38)30-17-14-34(15-17)24-13-22(29)31-23-12-20(32-36(23)24)21-7-5-6-10-35(21)25(37)18-11-16(28)8-9-19(18)33-42(4,39)40;5-3-1-4-2-3;/h8-9,11-13,19-20,24,35,40H,5-7,10,14-17H2,1-4H3,(H,32,42);8-9,11-13,17,21,33H,5-7,10,14-15H2,1-4H3,(H,30,38);3-5H,1-2H2;1H/t24-;21-;;/m00../s1. The molecule has 0 saturated carbocycles. The van der Waals surface area contributed by atoms with E-state index in [0.717, 1.165) is 57.1 Å². The molecule has 2 aromatic carbocycles. The van der Waals surface area contributed by atoms with Gasteiger partial charge >= 0.3 is 12.2 Å². The number of sulfonamides is 2. The van der Waals surface area contributed by atoms with Gasteiger partial charge < -0.3 is 60.1 Å². The molecule has 4 aromatic heterocycles. The molecule has 0 bridgehead atoms. The molecule has 6 aromatic rings. The number of likely N-dealkylation sites (tertiary alicyclic amines) is 2. The highest BCUT2D eigenvalue weighted by atomic mass is 35.5. The molecule has 4 amide bonds. The van der Waals surface area contributed by atoms with Gasteiger partial charge in [-0.25, -0.2) is 36.4 Å². The number of rotatable bonds is 13. The zero-order valence-electron chi connectivity index (χ0n) is 53.3. The van der Waals surface area contributed by atoms with Gasteiger partial charge in [-0.05, 0) is 116 Å². The topological polar surface area (TPSA) is 332 Å². The number of nitrogens with one attached hydrogen (secondary N) is 5. The number of β-amino-alcohol motifs (C(OH)–C–C–N with tert-alkyl or cyclic N) is 2. The van der Waals surface area contributed by atoms with E-state index in [4.69, 9.17) is 64.6 Å². The lowest BCUT2D eigenvalue weighted by molar-refractivity contribution is 0.0484. The summed E-state index contributed by atoms with van der Waals surface area (Å²) in [6.45, 7) is 16.5. The van der Waals surface area contributed by atoms with E-state index in [1.807, 2.05) is 69.5 Å². The normalized spacial score (nSPS) is 19.0. The van der Waals surface area contributed by atoms with E-state index in [0.29, 0.717) is 115 Å². The summed E-state index contributed by atoms with van der Waals surface area (Å²) in [7, 11) is -7.27. The van der Waals surface area contributed by atoms with Crippen LogP contribution in [-0.2, 0) is 29.5 Å². The number of halogens is 4. The summed E-state index contributed by atoms with van der Waals surface area (Å²) in [5.74, 6) is 1.49. The van der Waals surface area contributed by atoms with Crippen LogP contribution in [0.4, 0.5) is 38.4 Å². The van der Waals surface area contributed by atoms with Crippen LogP contribution in [0.1, 0.15) is 124 Å². The summed E-state index contributed by atoms with van der Waals surface area (Å²) < 4.78 is 67.1. The number of carbonyl (C=O) groups excluding carboxylic acids is 4. The number of aliphatic hydroxyl groups is 2. The number of piperidine rings is 2. The van der Waals surface area contributed by atoms with Gasteiger partial charge in [0.25, 0.3) is 11.8 Å². The molecule has 7 N–H and O–H groups in total. The van der Waals surface area contributed by atoms with Crippen LogP contribution in [-0.4, -0.2) is 203 Å². The zero-order valence-corrected chi connectivity index (χ0v) is 58.0. The average molecular weight is 1420 g/mol. The molecule has 0 spiro atoms. The monoisotopic (exact) mass is 1420 g/mol. The second-order valence-electron chi connectivity index (χ2n) is 26.1. The number of benzene rings is 2. The van der Waals surface area contributed by atoms with Crippen molar-refractivity contribution in [3.8, 4) is 0 Å². The first-order valence-electron chi connectivity index (χ1n) is 30.6. The Balaban J connectivity index is 0.000000204. The third kappa shape index (κ3) is 18.0. The molecule has 28 nitrogen and oxygen atoms in total. The van der Waals surface area contributed by atoms with Gasteiger partial charge in [-0.2, -0.15) is 19.2 Å². The molecule has 34 heteroatoms. The number of alkyl carbamates (subject to hydrolysis) is 2. The zero-order chi connectivity index (χ0) is 67.1. The van der Waals surface area contributed by atoms with E-state index < -0.39 is 49.5 Å². The minimum absolute atomic E-state index is 0. The Morgan fingerprint density at radius 3 is 1.37 bits per heavy atom. The number of hydrogen-bond donors (Lipinski definition) is 7. The largest absolute Gasteiger partial charge is 0.444 e. The lowest BCUT2D eigenvalue weighted by Crippen LogP contribution is -2.60. The van der Waals surface area contributed by atoms with Crippen molar-refractivity contribution in [1.82, 2.24) is 54.9 Å². The molecule has 12 rings (SSSR count). The molecule has 0 radical (unpaired) electrons. The fourth-order valence-electron chi connectivity index (χ4n) is 11.5. The number of carbonyl (C=O) groups is 4. The first-order valence-corrected chi connectivity index (χ1v) is 35.6. The maximum Gasteiger partial charge on any atom is 0.407 e. The van der Waals surface area contributed by atoms with Crippen molar-refractivity contribution in [3.63, 3.8) is 0 Å². The van der Waals surface area contributed by atoms with Gasteiger partial charge in [-0.3, -0.25) is 19.0 Å². The Morgan fingerprint density at radius 1 is 0.574 bits per heavy atom. The van der Waals surface area contributed by atoms with Gasteiger partial charge in [0.05, 0.1) is 82.8 Å². The van der Waals surface area contributed by atoms with Crippen LogP contribution in [0.15, 0.2) is 60.7 Å². The predicted octanol–water partition coefficient (Wildman–Crippen LogP) is 6.88. The van der Waals surface area contributed by atoms with Gasteiger partial charge in [0.15, 0.2) is 11.3 Å². The Labute approximate surface area is 566 Å². The van der Waals surface area contributed by atoms with E-state index in [9.17, 15) is 41.1 Å². The second-order valence-corrected chi connectivity index (χ2v) is 30.9. The van der Waals surface area contributed by atoms with E-state index in [1.54, 1.807) is 24.9 Å². The summed E-state index contributed by atoms with van der Waals surface area (Å²) >= 11 is 18.8. The van der Waals surface area contributed by atoms with E-state index in [-0.39, 0.29) is 77.0 Å². The third-order valence-electron chi connectivity index (χ3n) is 15.8. The number of anilines is 5. The molecule has 0 unspecified atom stereocenters. The van der Waals surface area contributed by atoms with Crippen molar-refractivity contribution in [2.45, 2.75) is 128 Å². The molecule has 94 heavy (non-hydrogen) atoms. The maximum absolute atomic E-state index is 14.0. The van der Waals surface area contributed by atoms with Crippen LogP contribution >= 0.6 is 47.2 Å². The molecule has 512 valence electrons. The number of hydrogen-bond acceptors (Lipinski definition) is 20. The highest BCUT2D eigenvalue weighted by Gasteiger charge is 2.39. The summed E-state index contributed by atoms with van der Waals surface area (Å²) in [5, 5.41) is 37.8. The summed E-state index contributed by atoms with van der Waals surface area (Å²) in [4.78, 5) is 71.2. The molecule has 6 fully saturated rings. The molecule has 6 aliphatic heterocycles. The van der Waals surface area contributed by atoms with Gasteiger partial charge in [-0.15, -0.1) is 12.4 Å². The Morgan fingerprint density at radius 2 is 0.989 bits per heavy atom. The average Bonchev–Trinajstić information content (AvgIpc) is 1.55. The van der Waals surface area contributed by atoms with Crippen LogP contribution in [0.2, 0.25) is 15.2 Å². The maximum atomic E-state index is 14.0. The Hall–Kier alpha value is -6.90. The van der Waals surface area contributed by atoms with Gasteiger partial charge in [0, 0.05) is 99.8 Å². The Bertz CT molecular complexity index is 4020. The fourth-order valence-corrected chi connectivity index (χ4v) is 13.1. The van der Waals surface area contributed by atoms with Crippen molar-refractivity contribution in [3.05, 3.63) is 98.4 Å². The summed E-state index contributed by atoms with van der Waals surface area (Å²) in [6.07, 6.45) is 5.34. The number of amides is 4. The van der Waals surface area contributed by atoms with Crippen LogP contribution in [0.25, 0.3) is 11.3 Å². The quantitative estimate of drug-likeness (QED) is 0.0580. The first-order chi connectivity index (χ1) is 43.7. The highest BCUT2D eigenvalue weighted by Crippen LogP contribution is 2.38. The van der Waals surface area contributed by atoms with Crippen molar-refractivity contribution in [2.75, 3.05) is 102 Å². The number of fused-ring (bicyclic) bond motifs is 2. The van der Waals surface area contributed by atoms with E-state index in [1.165, 1.54) is 36.4 Å². The number of aromatic nitrogens is 6. The van der Waals surface area contributed by atoms with Crippen LogP contribution < -0.4 is 40.1 Å². The third-order valence-corrected chi connectivity index (χ3v) is 17.7. The van der Waals surface area contributed by atoms with Crippen molar-refractivity contribution >= 4 is 131 Å². The summed E-state index contributed by atoms with van der Waals surface area (Å²) in [6, 6.07) is 15.4. The summed E-state index contributed by atoms with van der Waals surface area (Å²) in [5.41, 5.74) is 1.88. The lowest BCUT2D eigenvalue weighted by Gasteiger charge is -2.42. The molecule has 2 atom stereocenters. The van der Waals surface area contributed by atoms with E-state index >= 15 is 0 Å². The van der Waals surface area contributed by atoms with Crippen LogP contribution in [0.3, 0.4) is 0 Å². The van der Waals surface area contributed by atoms with Gasteiger partial charge in [0.2, 0.25) is 20.0 Å². The molecule has 6 saturated heterocycles. The predicted molar refractivity (Wildman–Crippen MR) is 361 cm³/mol. The van der Waals surface area contributed by atoms with Gasteiger partial charge in [-0.1, -0.05) is 34.8 Å². The fraction of sp³-hybridized carbons (Fsp3) is 0.533. The number of aliphatic hydroxyl groups excluding tert-OH is 2.